The summed E-state index contributed by atoms with van der Waals surface area (Å²) in [5, 5.41) is 171. The lowest BCUT2D eigenvalue weighted by atomic mass is 9.64. The van der Waals surface area contributed by atoms with Crippen molar-refractivity contribution >= 4 is 28.3 Å². The Morgan fingerprint density at radius 2 is 1.09 bits per heavy atom. The van der Waals surface area contributed by atoms with Gasteiger partial charge in [0.25, 0.3) is 0 Å². The summed E-state index contributed by atoms with van der Waals surface area (Å²) < 4.78 is 26.0. The van der Waals surface area contributed by atoms with Gasteiger partial charge in [-0.25, -0.2) is 0 Å². The van der Waals surface area contributed by atoms with Crippen LogP contribution in [0.3, 0.4) is 0 Å². The molecule has 4 aliphatic rings. The van der Waals surface area contributed by atoms with E-state index in [1.807, 2.05) is 19.9 Å². The fourth-order valence-corrected chi connectivity index (χ4v) is 15.7. The van der Waals surface area contributed by atoms with Gasteiger partial charge < -0.3 is 95.2 Å². The smallest absolute Gasteiger partial charge is 0.318 e. The second kappa shape index (κ2) is 27.9. The summed E-state index contributed by atoms with van der Waals surface area (Å²) in [6, 6.07) is 23.0. The lowest BCUT2D eigenvalue weighted by molar-refractivity contribution is -0.202. The van der Waals surface area contributed by atoms with Crippen molar-refractivity contribution in [2.75, 3.05) is 6.61 Å². The Morgan fingerprint density at radius 1 is 0.537 bits per heavy atom. The third kappa shape index (κ3) is 12.9. The Labute approximate surface area is 617 Å². The normalized spacial score (nSPS) is 20.8. The number of Topliss-reactive ketones (excluding diaryl/α,β-unsaturated/α-hetero) is 3. The Morgan fingerprint density at radius 3 is 1.74 bits per heavy atom. The van der Waals surface area contributed by atoms with Gasteiger partial charge in [0.1, 0.15) is 127 Å². The number of hydrogen-bond donors (Lipinski definition) is 15. The molecule has 0 bridgehead atoms. The first-order chi connectivity index (χ1) is 51.2. The van der Waals surface area contributed by atoms with Crippen molar-refractivity contribution in [1.29, 1.82) is 0 Å². The minimum atomic E-state index is -2.89. The Bertz CT molecular complexity index is 5510. The van der Waals surface area contributed by atoms with E-state index in [-0.39, 0.29) is 146 Å². The molecule has 9 aromatic rings. The maximum absolute atomic E-state index is 15.8. The van der Waals surface area contributed by atoms with Crippen LogP contribution in [0.25, 0.3) is 22.3 Å². The van der Waals surface area contributed by atoms with Crippen LogP contribution in [0.4, 0.5) is 0 Å². The SMILES string of the molecule is CC(C)=CCc1cc(C(=O)C2C(c3c(O)cc4oc(-c5ccc(O)cc5O)c(CC=C(C)COc5cc(O)ccc5C5CC(C)=CC(c6c(O)cc(O)c7c6OC6(CC=C(C)C)c8ccc(O)cc8OC6(O)C7=O)C5C(=O)c5ccc(O)cc5O)c(=O)c4c3O)C=C(C)CC2c2ccc(O)cc2O)c(O)cc1O. The topological polar surface area (TPSA) is 413 Å². The number of benzene rings is 8. The Balaban J connectivity index is 0.903. The zero-order valence-corrected chi connectivity index (χ0v) is 59.5. The minimum Gasteiger partial charge on any atom is -0.508 e. The van der Waals surface area contributed by atoms with E-state index >= 15 is 19.2 Å². The Hall–Kier alpha value is -12.8. The van der Waals surface area contributed by atoms with Gasteiger partial charge in [-0.3, -0.25) is 19.2 Å². The molecule has 8 unspecified atom stereocenters. The number of allylic oxidation sites excluding steroid dienone is 8. The highest BCUT2D eigenvalue weighted by molar-refractivity contribution is 6.10. The van der Waals surface area contributed by atoms with E-state index in [2.05, 4.69) is 0 Å². The molecule has 1 aromatic heterocycles. The molecule has 0 saturated heterocycles. The monoisotopic (exact) mass is 1470 g/mol. The highest BCUT2D eigenvalue weighted by atomic mass is 16.7. The van der Waals surface area contributed by atoms with Crippen LogP contribution < -0.4 is 19.6 Å². The highest BCUT2D eigenvalue weighted by Gasteiger charge is 2.70. The molecule has 108 heavy (non-hydrogen) atoms. The summed E-state index contributed by atoms with van der Waals surface area (Å²) >= 11 is 0. The molecule has 0 radical (unpaired) electrons. The van der Waals surface area contributed by atoms with Gasteiger partial charge in [0.15, 0.2) is 11.6 Å². The van der Waals surface area contributed by atoms with Crippen molar-refractivity contribution < 1.29 is 110 Å². The lowest BCUT2D eigenvalue weighted by Crippen LogP contribution is -2.62. The van der Waals surface area contributed by atoms with Crippen LogP contribution in [-0.2, 0) is 18.4 Å². The summed E-state index contributed by atoms with van der Waals surface area (Å²) in [6.45, 7) is 12.0. The van der Waals surface area contributed by atoms with Crippen LogP contribution in [0.5, 0.6) is 97.7 Å². The molecule has 23 heteroatoms. The summed E-state index contributed by atoms with van der Waals surface area (Å²) in [5.74, 6) is -21.1. The molecular formula is C85H78O23. The van der Waals surface area contributed by atoms with Gasteiger partial charge in [0.2, 0.25) is 16.8 Å². The average Bonchev–Trinajstić information content (AvgIpc) is 1.47. The van der Waals surface area contributed by atoms with Crippen molar-refractivity contribution in [2.45, 2.75) is 116 Å². The molecule has 2 aliphatic heterocycles. The number of carbonyl (C=O) groups is 3. The van der Waals surface area contributed by atoms with Gasteiger partial charge in [-0.1, -0.05) is 64.8 Å². The second-order valence-electron chi connectivity index (χ2n) is 28.8. The van der Waals surface area contributed by atoms with Crippen LogP contribution in [-0.4, -0.2) is 106 Å². The van der Waals surface area contributed by atoms with E-state index in [0.29, 0.717) is 16.7 Å². The van der Waals surface area contributed by atoms with Crippen molar-refractivity contribution in [1.82, 2.24) is 0 Å². The number of ether oxygens (including phenoxy) is 3. The summed E-state index contributed by atoms with van der Waals surface area (Å²) in [6.07, 6.45) is 8.05. The number of aliphatic hydroxyl groups is 1. The zero-order valence-electron chi connectivity index (χ0n) is 59.5. The molecule has 8 aromatic carbocycles. The van der Waals surface area contributed by atoms with E-state index in [1.54, 1.807) is 58.9 Å². The maximum atomic E-state index is 15.8. The number of phenolic OH excluding ortho intramolecular Hbond substituents is 14. The fourth-order valence-electron chi connectivity index (χ4n) is 15.7. The number of aromatic hydroxyl groups is 14. The fraction of sp³-hybridized carbons (Fsp3) is 0.247. The molecule has 13 rings (SSSR count). The molecule has 556 valence electrons. The molecular weight excluding hydrogens is 1390 g/mol. The molecule has 2 aliphatic carbocycles. The molecule has 0 spiro atoms. The summed E-state index contributed by atoms with van der Waals surface area (Å²) in [5.41, 5.74) is -1.37. The first-order valence-electron chi connectivity index (χ1n) is 34.7. The quantitative estimate of drug-likeness (QED) is 0.0280. The van der Waals surface area contributed by atoms with Crippen molar-refractivity contribution in [3.8, 4) is 109 Å². The standard InChI is InChI=1S/C85H78O23/c1-38(2)8-10-43-28-56(64(95)34-60(43)91)79(101)71-54(49-17-11-44(86)29-61(49)92)24-41(6)26-57(71)73-67(98)36-70-76(80(73)102)78(100)53(81(106-70)52-20-14-46(88)31-63(52)94)16-9-40(5)37-105-68-32-47(89)12-18-50(68)55-25-42(7)27-58(72(55)77(99)51-19-13-45(87)30-62(51)93)74-65(96)35-66(97)75-82(74)108-84(23-22-39(3)4)59-21-15-48(90)33-69(59)107-85(84,104)83(75)103/h8-9,11-15,17-22,26-36,54-55,57-58,71-72,86-98,102,104H,10,16,23-25,37H2,1-7H3. The van der Waals surface area contributed by atoms with E-state index in [4.69, 9.17) is 18.6 Å². The van der Waals surface area contributed by atoms with Gasteiger partial charge in [0.05, 0.1) is 16.7 Å². The molecule has 0 fully saturated rings. The number of phenols is 14. The van der Waals surface area contributed by atoms with Crippen LogP contribution >= 0.6 is 0 Å². The highest BCUT2D eigenvalue weighted by Crippen LogP contribution is 2.63. The third-order valence-electron chi connectivity index (χ3n) is 20.9. The number of carbonyl (C=O) groups excluding carboxylic acids is 3. The van der Waals surface area contributed by atoms with Gasteiger partial charge in [0, 0.05) is 113 Å². The summed E-state index contributed by atoms with van der Waals surface area (Å²) in [4.78, 5) is 62.1. The largest absolute Gasteiger partial charge is 0.508 e. The van der Waals surface area contributed by atoms with E-state index in [9.17, 15) is 76.6 Å². The van der Waals surface area contributed by atoms with Gasteiger partial charge in [-0.2, -0.15) is 0 Å². The number of fused-ring (bicyclic) bond motifs is 5. The molecule has 0 amide bonds. The van der Waals surface area contributed by atoms with Gasteiger partial charge >= 0.3 is 5.79 Å². The molecule has 8 atom stereocenters. The van der Waals surface area contributed by atoms with Gasteiger partial charge in [-0.15, -0.1) is 0 Å². The Kier molecular flexibility index (Phi) is 19.0. The van der Waals surface area contributed by atoms with E-state index in [0.717, 1.165) is 47.5 Å². The minimum absolute atomic E-state index is 0.000331. The van der Waals surface area contributed by atoms with Gasteiger partial charge in [-0.05, 0) is 151 Å². The van der Waals surface area contributed by atoms with Crippen molar-refractivity contribution in [3.05, 3.63) is 239 Å². The molecule has 23 nitrogen and oxygen atoms in total. The maximum Gasteiger partial charge on any atom is 0.318 e. The van der Waals surface area contributed by atoms with Crippen LogP contribution in [0.1, 0.15) is 161 Å². The number of ketones is 3. The van der Waals surface area contributed by atoms with E-state index < -0.39 is 138 Å². The first kappa shape index (κ1) is 73.5. The van der Waals surface area contributed by atoms with E-state index in [1.165, 1.54) is 78.9 Å². The summed E-state index contributed by atoms with van der Waals surface area (Å²) in [7, 11) is 0. The number of rotatable bonds is 18. The van der Waals surface area contributed by atoms with Crippen molar-refractivity contribution in [3.63, 3.8) is 0 Å². The van der Waals surface area contributed by atoms with Crippen LogP contribution in [0.15, 0.2) is 183 Å². The zero-order chi connectivity index (χ0) is 77.6. The second-order valence-corrected chi connectivity index (χ2v) is 28.8. The predicted octanol–water partition coefficient (Wildman–Crippen LogP) is 14.8. The molecule has 0 saturated carbocycles. The van der Waals surface area contributed by atoms with Crippen molar-refractivity contribution in [2.24, 2.45) is 11.8 Å². The van der Waals surface area contributed by atoms with Crippen LogP contribution in [0, 0.1) is 11.8 Å². The molecule has 15 N–H and O–H groups in total. The first-order valence-corrected chi connectivity index (χ1v) is 34.7. The third-order valence-corrected chi connectivity index (χ3v) is 20.9. The van der Waals surface area contributed by atoms with Crippen LogP contribution in [0.2, 0.25) is 0 Å². The lowest BCUT2D eigenvalue weighted by Gasteiger charge is -2.45. The average molecular weight is 1470 g/mol. The number of hydrogen-bond acceptors (Lipinski definition) is 23. The molecule has 3 heterocycles. The predicted molar refractivity (Wildman–Crippen MR) is 396 cm³/mol.